The minimum atomic E-state index is -0.374. The molecule has 0 saturated carbocycles. The van der Waals surface area contributed by atoms with Gasteiger partial charge in [-0.15, -0.1) is 11.6 Å². The van der Waals surface area contributed by atoms with E-state index >= 15 is 0 Å². The van der Waals surface area contributed by atoms with Crippen molar-refractivity contribution in [3.8, 4) is 0 Å². The Hall–Kier alpha value is -2.68. The van der Waals surface area contributed by atoms with Gasteiger partial charge in [-0.2, -0.15) is 0 Å². The second-order valence-electron chi connectivity index (χ2n) is 6.97. The number of allylic oxidation sites excluding steroid dienone is 1. The summed E-state index contributed by atoms with van der Waals surface area (Å²) in [6.45, 7) is 3.87. The monoisotopic (exact) mass is 355 g/mol. The summed E-state index contributed by atoms with van der Waals surface area (Å²) in [5.41, 5.74) is 3.32. The molecule has 1 saturated heterocycles. The summed E-state index contributed by atoms with van der Waals surface area (Å²) >= 11 is 0. The van der Waals surface area contributed by atoms with Gasteiger partial charge in [-0.1, -0.05) is 97.1 Å². The molecule has 0 aromatic heterocycles. The van der Waals surface area contributed by atoms with Crippen LogP contribution in [0, 0.1) is 0 Å². The second kappa shape index (κ2) is 7.91. The van der Waals surface area contributed by atoms with Crippen LogP contribution in [-0.2, 0) is 10.6 Å². The van der Waals surface area contributed by atoms with Gasteiger partial charge in [0.1, 0.15) is 0 Å². The molecule has 3 aromatic carbocycles. The highest BCUT2D eigenvalue weighted by Crippen LogP contribution is 2.55. The fourth-order valence-electron chi connectivity index (χ4n) is 3.80. The maximum absolute atomic E-state index is 6.41. The molecule has 1 unspecified atom stereocenters. The van der Waals surface area contributed by atoms with Crippen molar-refractivity contribution < 1.29 is 4.84 Å². The number of nitrogens with zero attached hydrogens (tertiary/aromatic N) is 1. The van der Waals surface area contributed by atoms with Gasteiger partial charge in [0.2, 0.25) is 0 Å². The lowest BCUT2D eigenvalue weighted by Gasteiger charge is -2.21. The molecular formula is C25H25NO. The molecule has 1 heterocycles. The average Bonchev–Trinajstić information content (AvgIpc) is 3.46. The molecule has 1 aliphatic heterocycles. The fourth-order valence-corrected chi connectivity index (χ4v) is 3.80. The van der Waals surface area contributed by atoms with Crippen molar-refractivity contribution in [2.24, 2.45) is 0 Å². The van der Waals surface area contributed by atoms with E-state index in [0.29, 0.717) is 0 Å². The molecule has 0 radical (unpaired) electrons. The summed E-state index contributed by atoms with van der Waals surface area (Å²) in [5, 5.41) is 2.18. The molecule has 0 N–H and O–H groups in total. The zero-order valence-electron chi connectivity index (χ0n) is 15.5. The highest BCUT2D eigenvalue weighted by Gasteiger charge is 2.59. The Morgan fingerprint density at radius 3 is 1.85 bits per heavy atom. The molecule has 0 aliphatic carbocycles. The van der Waals surface area contributed by atoms with Crippen molar-refractivity contribution >= 4 is 0 Å². The summed E-state index contributed by atoms with van der Waals surface area (Å²) in [7, 11) is 0. The first-order valence-corrected chi connectivity index (χ1v) is 9.60. The predicted octanol–water partition coefficient (Wildman–Crippen LogP) is 6.23. The molecule has 2 nitrogen and oxygen atoms in total. The highest BCUT2D eigenvalue weighted by atomic mass is 16.9. The van der Waals surface area contributed by atoms with Crippen molar-refractivity contribution in [2.45, 2.75) is 31.0 Å². The standard InChI is InChI=1S/C25H25NO/c1-2-3-13-20-25(23-18-11-6-12-19-23)26(27-25)24(21-14-7-4-8-15-21)22-16-9-5-10-17-22/h2,4-12,14-19,24H,1,3,13,20H2/t25-,26?/m0/s1. The van der Waals surface area contributed by atoms with Crippen LogP contribution in [0.1, 0.15) is 42.0 Å². The molecule has 27 heavy (non-hydrogen) atoms. The zero-order valence-corrected chi connectivity index (χ0v) is 15.5. The maximum Gasteiger partial charge on any atom is 0.191 e. The molecule has 1 aliphatic rings. The first-order valence-electron chi connectivity index (χ1n) is 9.60. The van der Waals surface area contributed by atoms with Gasteiger partial charge in [0.25, 0.3) is 0 Å². The van der Waals surface area contributed by atoms with E-state index in [1.807, 2.05) is 6.08 Å². The van der Waals surface area contributed by atoms with Crippen molar-refractivity contribution in [2.75, 3.05) is 0 Å². The number of benzene rings is 3. The van der Waals surface area contributed by atoms with Crippen LogP contribution in [0.5, 0.6) is 0 Å². The lowest BCUT2D eigenvalue weighted by Crippen LogP contribution is -2.21. The van der Waals surface area contributed by atoms with E-state index in [-0.39, 0.29) is 11.8 Å². The van der Waals surface area contributed by atoms with Gasteiger partial charge >= 0.3 is 0 Å². The Labute approximate surface area is 161 Å². The number of rotatable bonds is 8. The Bertz CT molecular complexity index is 823. The minimum absolute atomic E-state index is 0.0661. The van der Waals surface area contributed by atoms with Gasteiger partial charge in [-0.3, -0.25) is 4.84 Å². The van der Waals surface area contributed by atoms with Gasteiger partial charge < -0.3 is 0 Å². The average molecular weight is 355 g/mol. The number of hydrogen-bond acceptors (Lipinski definition) is 2. The molecule has 1 fully saturated rings. The number of hydroxylamine groups is 2. The Morgan fingerprint density at radius 2 is 1.33 bits per heavy atom. The molecule has 0 spiro atoms. The maximum atomic E-state index is 6.41. The first kappa shape index (κ1) is 17.7. The van der Waals surface area contributed by atoms with E-state index in [1.54, 1.807) is 0 Å². The van der Waals surface area contributed by atoms with Crippen LogP contribution in [0.25, 0.3) is 0 Å². The summed E-state index contributed by atoms with van der Waals surface area (Å²) in [6.07, 6.45) is 4.97. The molecular weight excluding hydrogens is 330 g/mol. The third-order valence-corrected chi connectivity index (χ3v) is 5.19. The van der Waals surface area contributed by atoms with Gasteiger partial charge in [0, 0.05) is 5.56 Å². The SMILES string of the molecule is C=CCCC[C@@]1(c2ccccc2)ON1C(c1ccccc1)c1ccccc1. The van der Waals surface area contributed by atoms with Crippen LogP contribution in [0.15, 0.2) is 104 Å². The molecule has 4 rings (SSSR count). The molecule has 2 heteroatoms. The third-order valence-electron chi connectivity index (χ3n) is 5.19. The molecule has 0 amide bonds. The lowest BCUT2D eigenvalue weighted by molar-refractivity contribution is 0.162. The van der Waals surface area contributed by atoms with Crippen LogP contribution in [-0.4, -0.2) is 5.06 Å². The largest absolute Gasteiger partial charge is 0.265 e. The smallest absolute Gasteiger partial charge is 0.191 e. The normalized spacial score (nSPS) is 21.1. The van der Waals surface area contributed by atoms with Crippen molar-refractivity contribution in [3.05, 3.63) is 120 Å². The van der Waals surface area contributed by atoms with E-state index in [2.05, 4.69) is 103 Å². The van der Waals surface area contributed by atoms with Crippen LogP contribution < -0.4 is 0 Å². The summed E-state index contributed by atoms with van der Waals surface area (Å²) < 4.78 is 0. The van der Waals surface area contributed by atoms with Crippen molar-refractivity contribution in [3.63, 3.8) is 0 Å². The Morgan fingerprint density at radius 1 is 0.815 bits per heavy atom. The Balaban J connectivity index is 1.72. The quantitative estimate of drug-likeness (QED) is 0.270. The van der Waals surface area contributed by atoms with E-state index in [9.17, 15) is 0 Å². The minimum Gasteiger partial charge on any atom is -0.265 e. The lowest BCUT2D eigenvalue weighted by atomic mass is 9.94. The predicted molar refractivity (Wildman–Crippen MR) is 110 cm³/mol. The Kier molecular flexibility index (Phi) is 5.19. The van der Waals surface area contributed by atoms with Gasteiger partial charge in [0.05, 0.1) is 6.04 Å². The van der Waals surface area contributed by atoms with Crippen LogP contribution in [0.4, 0.5) is 0 Å². The molecule has 2 atom stereocenters. The van der Waals surface area contributed by atoms with Crippen molar-refractivity contribution in [1.82, 2.24) is 5.06 Å². The van der Waals surface area contributed by atoms with Crippen LogP contribution in [0.3, 0.4) is 0 Å². The van der Waals surface area contributed by atoms with E-state index in [4.69, 9.17) is 4.84 Å². The van der Waals surface area contributed by atoms with E-state index < -0.39 is 0 Å². The molecule has 0 bridgehead atoms. The molecule has 3 aromatic rings. The van der Waals surface area contributed by atoms with Gasteiger partial charge in [-0.05, 0) is 30.4 Å². The molecule has 136 valence electrons. The number of unbranched alkanes of at least 4 members (excludes halogenated alkanes) is 1. The van der Waals surface area contributed by atoms with E-state index in [1.165, 1.54) is 16.7 Å². The fraction of sp³-hybridized carbons (Fsp3) is 0.200. The highest BCUT2D eigenvalue weighted by molar-refractivity contribution is 5.35. The van der Waals surface area contributed by atoms with Gasteiger partial charge in [0.15, 0.2) is 5.72 Å². The topological polar surface area (TPSA) is 15.5 Å². The zero-order chi connectivity index (χ0) is 18.5. The first-order chi connectivity index (χ1) is 13.3. The van der Waals surface area contributed by atoms with Gasteiger partial charge in [-0.25, -0.2) is 0 Å². The number of hydrogen-bond donors (Lipinski definition) is 0. The van der Waals surface area contributed by atoms with Crippen LogP contribution in [0.2, 0.25) is 0 Å². The third kappa shape index (κ3) is 3.59. The summed E-state index contributed by atoms with van der Waals surface area (Å²) in [4.78, 5) is 6.41. The van der Waals surface area contributed by atoms with Crippen LogP contribution >= 0.6 is 0 Å². The van der Waals surface area contributed by atoms with Crippen molar-refractivity contribution in [1.29, 1.82) is 0 Å². The summed E-state index contributed by atoms with van der Waals surface area (Å²) in [6, 6.07) is 31.8. The summed E-state index contributed by atoms with van der Waals surface area (Å²) in [5.74, 6) is 0. The second-order valence-corrected chi connectivity index (χ2v) is 6.97. The van der Waals surface area contributed by atoms with E-state index in [0.717, 1.165) is 19.3 Å².